The van der Waals surface area contributed by atoms with Gasteiger partial charge in [-0.2, -0.15) is 0 Å². The molecule has 0 bridgehead atoms. The van der Waals surface area contributed by atoms with Crippen LogP contribution in [-0.4, -0.2) is 11.7 Å². The predicted octanol–water partition coefficient (Wildman–Crippen LogP) is 0.367. The highest BCUT2D eigenvalue weighted by Gasteiger charge is 2.24. The van der Waals surface area contributed by atoms with Crippen LogP contribution in [0.2, 0.25) is 0 Å². The lowest BCUT2D eigenvalue weighted by Gasteiger charge is -2.04. The highest BCUT2D eigenvalue weighted by molar-refractivity contribution is 5.64. The Labute approximate surface area is 69.7 Å². The number of nitrogens with two attached hydrogens (primary N) is 2. The number of benzene rings is 1. The Morgan fingerprint density at radius 1 is 1.50 bits per heavy atom. The summed E-state index contributed by atoms with van der Waals surface area (Å²) in [5.74, 6) is 0.433. The maximum atomic E-state index is 9.43. The maximum absolute atomic E-state index is 9.43. The van der Waals surface area contributed by atoms with Gasteiger partial charge in [-0.3, -0.25) is 0 Å². The van der Waals surface area contributed by atoms with Crippen LogP contribution in [0.25, 0.3) is 0 Å². The van der Waals surface area contributed by atoms with Crippen LogP contribution >= 0.6 is 0 Å². The van der Waals surface area contributed by atoms with E-state index >= 15 is 0 Å². The van der Waals surface area contributed by atoms with E-state index in [0.29, 0.717) is 18.0 Å². The van der Waals surface area contributed by atoms with Crippen LogP contribution in [0.4, 0.5) is 5.69 Å². The third kappa shape index (κ3) is 0.816. The van der Waals surface area contributed by atoms with Gasteiger partial charge in [0, 0.05) is 5.56 Å². The molecule has 0 spiro atoms. The molecule has 1 aromatic carbocycles. The average Bonchev–Trinajstić information content (AvgIpc) is 2.41. The number of aromatic hydroxyl groups is 1. The molecule has 4 heteroatoms. The molecule has 2 rings (SSSR count). The first-order chi connectivity index (χ1) is 5.70. The van der Waals surface area contributed by atoms with Crippen LogP contribution < -0.4 is 16.2 Å². The third-order valence-electron chi connectivity index (χ3n) is 2.00. The first-order valence-corrected chi connectivity index (χ1v) is 3.70. The van der Waals surface area contributed by atoms with Gasteiger partial charge in [-0.15, -0.1) is 0 Å². The Morgan fingerprint density at radius 3 is 3.00 bits per heavy atom. The van der Waals surface area contributed by atoms with Crippen molar-refractivity contribution >= 4 is 5.69 Å². The molecule has 0 aliphatic carbocycles. The largest absolute Gasteiger partial charge is 0.503 e. The lowest BCUT2D eigenvalue weighted by molar-refractivity contribution is 0.317. The van der Waals surface area contributed by atoms with Crippen molar-refractivity contribution in [2.45, 2.75) is 6.04 Å². The minimum absolute atomic E-state index is 0.000417. The Morgan fingerprint density at radius 2 is 2.25 bits per heavy atom. The van der Waals surface area contributed by atoms with Gasteiger partial charge < -0.3 is 21.3 Å². The Balaban J connectivity index is 2.60. The molecule has 0 aromatic heterocycles. The van der Waals surface area contributed by atoms with Gasteiger partial charge in [0.2, 0.25) is 0 Å². The Kier molecular flexibility index (Phi) is 1.38. The maximum Gasteiger partial charge on any atom is 0.181 e. The molecule has 0 fully saturated rings. The summed E-state index contributed by atoms with van der Waals surface area (Å²) in [5.41, 5.74) is 12.3. The summed E-state index contributed by atoms with van der Waals surface area (Å²) >= 11 is 0. The molecule has 1 heterocycles. The SMILES string of the molecule is Nc1ccc2c(c1O)OC[C@H]2N. The first-order valence-electron chi connectivity index (χ1n) is 3.70. The van der Waals surface area contributed by atoms with Crippen molar-refractivity contribution in [3.63, 3.8) is 0 Å². The number of rotatable bonds is 0. The number of phenolic OH excluding ortho intramolecular Hbond substituents is 1. The molecule has 0 saturated carbocycles. The fraction of sp³-hybridized carbons (Fsp3) is 0.250. The third-order valence-corrected chi connectivity index (χ3v) is 2.00. The zero-order chi connectivity index (χ0) is 8.72. The molecule has 5 N–H and O–H groups in total. The van der Waals surface area contributed by atoms with Crippen molar-refractivity contribution in [2.75, 3.05) is 12.3 Å². The molecule has 1 aliphatic rings. The van der Waals surface area contributed by atoms with E-state index < -0.39 is 0 Å². The molecular weight excluding hydrogens is 156 g/mol. The molecule has 64 valence electrons. The van der Waals surface area contributed by atoms with Crippen molar-refractivity contribution in [3.8, 4) is 11.5 Å². The second-order valence-electron chi connectivity index (χ2n) is 2.84. The van der Waals surface area contributed by atoms with Crippen molar-refractivity contribution < 1.29 is 9.84 Å². The zero-order valence-corrected chi connectivity index (χ0v) is 6.45. The molecule has 4 nitrogen and oxygen atoms in total. The fourth-order valence-electron chi connectivity index (χ4n) is 1.31. The van der Waals surface area contributed by atoms with Gasteiger partial charge in [0.25, 0.3) is 0 Å². The summed E-state index contributed by atoms with van der Waals surface area (Å²) < 4.78 is 5.17. The van der Waals surface area contributed by atoms with Crippen LogP contribution in [-0.2, 0) is 0 Å². The number of hydrogen-bond donors (Lipinski definition) is 3. The first kappa shape index (κ1) is 7.24. The minimum Gasteiger partial charge on any atom is -0.503 e. The van der Waals surface area contributed by atoms with Crippen LogP contribution in [0.15, 0.2) is 12.1 Å². The highest BCUT2D eigenvalue weighted by atomic mass is 16.5. The number of nitrogen functional groups attached to an aromatic ring is 1. The summed E-state index contributed by atoms with van der Waals surface area (Å²) in [4.78, 5) is 0. The van der Waals surface area contributed by atoms with Gasteiger partial charge in [0.05, 0.1) is 11.7 Å². The van der Waals surface area contributed by atoms with Crippen LogP contribution in [0.3, 0.4) is 0 Å². The average molecular weight is 166 g/mol. The van der Waals surface area contributed by atoms with Crippen molar-refractivity contribution in [1.82, 2.24) is 0 Å². The molecule has 1 atom stereocenters. The second-order valence-corrected chi connectivity index (χ2v) is 2.84. The molecule has 0 saturated heterocycles. The van der Waals surface area contributed by atoms with E-state index in [1.165, 1.54) is 0 Å². The minimum atomic E-state index is -0.147. The van der Waals surface area contributed by atoms with E-state index in [0.717, 1.165) is 5.56 Å². The van der Waals surface area contributed by atoms with Crippen LogP contribution in [0, 0.1) is 0 Å². The second kappa shape index (κ2) is 2.28. The molecular formula is C8H10N2O2. The quantitative estimate of drug-likeness (QED) is 0.384. The summed E-state index contributed by atoms with van der Waals surface area (Å²) in [6.45, 7) is 0.409. The van der Waals surface area contributed by atoms with Crippen LogP contribution in [0.5, 0.6) is 11.5 Å². The lowest BCUT2D eigenvalue weighted by Crippen LogP contribution is -2.10. The van der Waals surface area contributed by atoms with Gasteiger partial charge in [-0.05, 0) is 6.07 Å². The van der Waals surface area contributed by atoms with E-state index in [1.807, 2.05) is 0 Å². The van der Waals surface area contributed by atoms with Crippen molar-refractivity contribution in [2.24, 2.45) is 5.73 Å². The van der Waals surface area contributed by atoms with Gasteiger partial charge in [0.15, 0.2) is 11.5 Å². The van der Waals surface area contributed by atoms with Gasteiger partial charge in [-0.25, -0.2) is 0 Å². The van der Waals surface area contributed by atoms with E-state index in [2.05, 4.69) is 0 Å². The van der Waals surface area contributed by atoms with E-state index in [-0.39, 0.29) is 11.8 Å². The van der Waals surface area contributed by atoms with Crippen molar-refractivity contribution in [1.29, 1.82) is 0 Å². The number of ether oxygens (including phenoxy) is 1. The number of phenols is 1. The van der Waals surface area contributed by atoms with Gasteiger partial charge in [-0.1, -0.05) is 6.07 Å². The lowest BCUT2D eigenvalue weighted by atomic mass is 10.1. The summed E-state index contributed by atoms with van der Waals surface area (Å²) in [7, 11) is 0. The van der Waals surface area contributed by atoms with E-state index in [4.69, 9.17) is 16.2 Å². The monoisotopic (exact) mass is 166 g/mol. The molecule has 12 heavy (non-hydrogen) atoms. The zero-order valence-electron chi connectivity index (χ0n) is 6.45. The topological polar surface area (TPSA) is 81.5 Å². The highest BCUT2D eigenvalue weighted by Crippen LogP contribution is 2.41. The van der Waals surface area contributed by atoms with Gasteiger partial charge in [0.1, 0.15) is 6.61 Å². The smallest absolute Gasteiger partial charge is 0.181 e. The van der Waals surface area contributed by atoms with Gasteiger partial charge >= 0.3 is 0 Å². The van der Waals surface area contributed by atoms with Crippen LogP contribution in [0.1, 0.15) is 11.6 Å². The Bertz CT molecular complexity index is 325. The molecule has 0 unspecified atom stereocenters. The van der Waals surface area contributed by atoms with Crippen molar-refractivity contribution in [3.05, 3.63) is 17.7 Å². The normalized spacial score (nSPS) is 20.2. The molecule has 0 amide bonds. The summed E-state index contributed by atoms with van der Waals surface area (Å²) in [6.07, 6.45) is 0. The number of hydrogen-bond acceptors (Lipinski definition) is 4. The van der Waals surface area contributed by atoms with E-state index in [9.17, 15) is 5.11 Å². The summed E-state index contributed by atoms with van der Waals surface area (Å²) in [5, 5.41) is 9.43. The summed E-state index contributed by atoms with van der Waals surface area (Å²) in [6, 6.07) is 3.26. The molecule has 0 radical (unpaired) electrons. The number of anilines is 1. The molecule has 1 aliphatic heterocycles. The predicted molar refractivity (Wildman–Crippen MR) is 44.9 cm³/mol. The fourth-order valence-corrected chi connectivity index (χ4v) is 1.31. The number of fused-ring (bicyclic) bond motifs is 1. The molecule has 1 aromatic rings. The Hall–Kier alpha value is -1.42. The van der Waals surface area contributed by atoms with E-state index in [1.54, 1.807) is 12.1 Å². The standard InChI is InChI=1S/C8H10N2O2/c9-5-2-1-4-6(10)3-12-8(4)7(5)11/h1-2,6,11H,3,9-10H2/t6-/m1/s1.